The summed E-state index contributed by atoms with van der Waals surface area (Å²) in [5, 5.41) is 3.37. The van der Waals surface area contributed by atoms with Crippen LogP contribution in [0.3, 0.4) is 0 Å². The SMILES string of the molecule is CCCc1nc(-c2ccc(C)cc2)nc2c1CNC2. The third-order valence-electron chi connectivity index (χ3n) is 3.57. The number of rotatable bonds is 3. The van der Waals surface area contributed by atoms with Crippen molar-refractivity contribution in [3.8, 4) is 11.4 Å². The van der Waals surface area contributed by atoms with E-state index in [0.717, 1.165) is 37.3 Å². The Balaban J connectivity index is 2.07. The zero-order valence-corrected chi connectivity index (χ0v) is 11.5. The lowest BCUT2D eigenvalue weighted by atomic mass is 10.1. The zero-order chi connectivity index (χ0) is 13.2. The first-order valence-electron chi connectivity index (χ1n) is 6.94. The maximum absolute atomic E-state index is 4.78. The van der Waals surface area contributed by atoms with Crippen LogP contribution in [-0.4, -0.2) is 9.97 Å². The van der Waals surface area contributed by atoms with Gasteiger partial charge in [0.1, 0.15) is 0 Å². The lowest BCUT2D eigenvalue weighted by Crippen LogP contribution is -2.03. The Bertz CT molecular complexity index is 588. The third-order valence-corrected chi connectivity index (χ3v) is 3.57. The summed E-state index contributed by atoms with van der Waals surface area (Å²) in [7, 11) is 0. The topological polar surface area (TPSA) is 37.8 Å². The molecule has 98 valence electrons. The second kappa shape index (κ2) is 5.10. The van der Waals surface area contributed by atoms with Crippen LogP contribution in [0.25, 0.3) is 11.4 Å². The first-order chi connectivity index (χ1) is 9.28. The molecule has 0 saturated heterocycles. The van der Waals surface area contributed by atoms with Crippen molar-refractivity contribution in [1.82, 2.24) is 15.3 Å². The first kappa shape index (κ1) is 12.3. The van der Waals surface area contributed by atoms with Gasteiger partial charge in [0.05, 0.1) is 5.69 Å². The highest BCUT2D eigenvalue weighted by molar-refractivity contribution is 5.56. The molecule has 0 radical (unpaired) electrons. The van der Waals surface area contributed by atoms with E-state index in [1.54, 1.807) is 0 Å². The highest BCUT2D eigenvalue weighted by Crippen LogP contribution is 2.23. The van der Waals surface area contributed by atoms with Crippen molar-refractivity contribution in [2.75, 3.05) is 0 Å². The van der Waals surface area contributed by atoms with E-state index in [9.17, 15) is 0 Å². The number of aromatic nitrogens is 2. The molecule has 19 heavy (non-hydrogen) atoms. The number of fused-ring (bicyclic) bond motifs is 1. The summed E-state index contributed by atoms with van der Waals surface area (Å²) in [6.45, 7) is 6.08. The number of hydrogen-bond acceptors (Lipinski definition) is 3. The lowest BCUT2D eigenvalue weighted by molar-refractivity contribution is 0.753. The number of nitrogens with zero attached hydrogens (tertiary/aromatic N) is 2. The molecule has 0 spiro atoms. The zero-order valence-electron chi connectivity index (χ0n) is 11.5. The normalized spacial score (nSPS) is 13.6. The molecule has 1 aliphatic heterocycles. The number of aryl methyl sites for hydroxylation is 2. The maximum Gasteiger partial charge on any atom is 0.159 e. The van der Waals surface area contributed by atoms with Gasteiger partial charge in [-0.1, -0.05) is 43.2 Å². The molecule has 0 fully saturated rings. The fourth-order valence-corrected chi connectivity index (χ4v) is 2.51. The number of nitrogens with one attached hydrogen (secondary N) is 1. The fraction of sp³-hybridized carbons (Fsp3) is 0.375. The van der Waals surface area contributed by atoms with Gasteiger partial charge in [-0.3, -0.25) is 0 Å². The molecule has 3 nitrogen and oxygen atoms in total. The average Bonchev–Trinajstić information content (AvgIpc) is 2.88. The van der Waals surface area contributed by atoms with Crippen molar-refractivity contribution in [2.24, 2.45) is 0 Å². The van der Waals surface area contributed by atoms with Gasteiger partial charge in [-0.05, 0) is 13.3 Å². The van der Waals surface area contributed by atoms with E-state index in [-0.39, 0.29) is 0 Å². The Morgan fingerprint density at radius 3 is 2.63 bits per heavy atom. The Morgan fingerprint density at radius 2 is 1.89 bits per heavy atom. The smallest absolute Gasteiger partial charge is 0.159 e. The van der Waals surface area contributed by atoms with Crippen molar-refractivity contribution in [2.45, 2.75) is 39.8 Å². The molecule has 1 aromatic heterocycles. The van der Waals surface area contributed by atoms with Crippen molar-refractivity contribution in [3.05, 3.63) is 46.8 Å². The summed E-state index contributed by atoms with van der Waals surface area (Å²) in [5.41, 5.74) is 6.08. The van der Waals surface area contributed by atoms with Gasteiger partial charge in [-0.2, -0.15) is 0 Å². The Labute approximate surface area is 114 Å². The van der Waals surface area contributed by atoms with Crippen LogP contribution < -0.4 is 5.32 Å². The van der Waals surface area contributed by atoms with Crippen LogP contribution in [0.2, 0.25) is 0 Å². The van der Waals surface area contributed by atoms with Crippen LogP contribution in [-0.2, 0) is 19.5 Å². The van der Waals surface area contributed by atoms with Gasteiger partial charge in [-0.15, -0.1) is 0 Å². The van der Waals surface area contributed by atoms with Crippen LogP contribution in [0.15, 0.2) is 24.3 Å². The molecule has 3 rings (SSSR count). The van der Waals surface area contributed by atoms with Crippen LogP contribution >= 0.6 is 0 Å². The molecule has 0 aliphatic carbocycles. The molecular formula is C16H19N3. The van der Waals surface area contributed by atoms with Crippen LogP contribution in [0, 0.1) is 6.92 Å². The molecule has 1 aromatic carbocycles. The van der Waals surface area contributed by atoms with Crippen LogP contribution in [0.5, 0.6) is 0 Å². The molecule has 1 aliphatic rings. The first-order valence-corrected chi connectivity index (χ1v) is 6.94. The molecule has 2 aromatic rings. The average molecular weight is 253 g/mol. The lowest BCUT2D eigenvalue weighted by Gasteiger charge is -2.09. The van der Waals surface area contributed by atoms with E-state index in [1.807, 2.05) is 0 Å². The summed E-state index contributed by atoms with van der Waals surface area (Å²) in [4.78, 5) is 9.51. The van der Waals surface area contributed by atoms with E-state index in [4.69, 9.17) is 9.97 Å². The quantitative estimate of drug-likeness (QED) is 0.913. The Morgan fingerprint density at radius 1 is 1.11 bits per heavy atom. The second-order valence-corrected chi connectivity index (χ2v) is 5.14. The third kappa shape index (κ3) is 2.38. The summed E-state index contributed by atoms with van der Waals surface area (Å²) < 4.78 is 0. The van der Waals surface area contributed by atoms with E-state index < -0.39 is 0 Å². The summed E-state index contributed by atoms with van der Waals surface area (Å²) in [5.74, 6) is 0.867. The minimum Gasteiger partial charge on any atom is -0.307 e. The predicted molar refractivity (Wildman–Crippen MR) is 76.7 cm³/mol. The van der Waals surface area contributed by atoms with Crippen molar-refractivity contribution < 1.29 is 0 Å². The molecule has 0 unspecified atom stereocenters. The molecule has 0 atom stereocenters. The minimum atomic E-state index is 0.867. The number of benzene rings is 1. The van der Waals surface area contributed by atoms with Crippen LogP contribution in [0.4, 0.5) is 0 Å². The standard InChI is InChI=1S/C16H19N3/c1-3-4-14-13-9-17-10-15(13)19-16(18-14)12-7-5-11(2)6-8-12/h5-8,17H,3-4,9-10H2,1-2H3. The molecule has 3 heteroatoms. The Hall–Kier alpha value is -1.74. The minimum absolute atomic E-state index is 0.867. The van der Waals surface area contributed by atoms with Gasteiger partial charge in [0.15, 0.2) is 5.82 Å². The second-order valence-electron chi connectivity index (χ2n) is 5.14. The van der Waals surface area contributed by atoms with Gasteiger partial charge in [0.2, 0.25) is 0 Å². The summed E-state index contributed by atoms with van der Waals surface area (Å²) in [6.07, 6.45) is 2.15. The van der Waals surface area contributed by atoms with Gasteiger partial charge in [0, 0.05) is 29.9 Å². The highest BCUT2D eigenvalue weighted by atomic mass is 15.0. The maximum atomic E-state index is 4.78. The van der Waals surface area contributed by atoms with Crippen molar-refractivity contribution in [1.29, 1.82) is 0 Å². The summed E-state index contributed by atoms with van der Waals surface area (Å²) in [6, 6.07) is 8.44. The van der Waals surface area contributed by atoms with Crippen molar-refractivity contribution in [3.63, 3.8) is 0 Å². The molecular weight excluding hydrogens is 234 g/mol. The summed E-state index contributed by atoms with van der Waals surface area (Å²) >= 11 is 0. The highest BCUT2D eigenvalue weighted by Gasteiger charge is 2.18. The van der Waals surface area contributed by atoms with Gasteiger partial charge >= 0.3 is 0 Å². The number of hydrogen-bond donors (Lipinski definition) is 1. The van der Waals surface area contributed by atoms with Gasteiger partial charge < -0.3 is 5.32 Å². The van der Waals surface area contributed by atoms with Gasteiger partial charge in [-0.25, -0.2) is 9.97 Å². The van der Waals surface area contributed by atoms with E-state index in [2.05, 4.69) is 43.4 Å². The molecule has 2 heterocycles. The molecule has 1 N–H and O–H groups in total. The van der Waals surface area contributed by atoms with E-state index in [0.29, 0.717) is 0 Å². The molecule has 0 amide bonds. The molecule has 0 saturated carbocycles. The Kier molecular flexibility index (Phi) is 3.30. The van der Waals surface area contributed by atoms with E-state index in [1.165, 1.54) is 22.5 Å². The fourth-order valence-electron chi connectivity index (χ4n) is 2.51. The van der Waals surface area contributed by atoms with Gasteiger partial charge in [0.25, 0.3) is 0 Å². The van der Waals surface area contributed by atoms with Crippen molar-refractivity contribution >= 4 is 0 Å². The van der Waals surface area contributed by atoms with Crippen LogP contribution in [0.1, 0.15) is 35.9 Å². The predicted octanol–water partition coefficient (Wildman–Crippen LogP) is 3.01. The molecule has 0 bridgehead atoms. The largest absolute Gasteiger partial charge is 0.307 e. The van der Waals surface area contributed by atoms with E-state index >= 15 is 0 Å². The monoisotopic (exact) mass is 253 g/mol.